The summed E-state index contributed by atoms with van der Waals surface area (Å²) in [6.07, 6.45) is 4.05. The number of fused-ring (bicyclic) bond motifs is 6. The van der Waals surface area contributed by atoms with Crippen LogP contribution in [0.2, 0.25) is 0 Å². The van der Waals surface area contributed by atoms with Crippen molar-refractivity contribution in [3.05, 3.63) is 101 Å². The van der Waals surface area contributed by atoms with E-state index in [1.165, 1.54) is 0 Å². The molecule has 3 aliphatic heterocycles. The molecule has 0 unspecified atom stereocenters. The van der Waals surface area contributed by atoms with E-state index in [4.69, 9.17) is 0 Å². The summed E-state index contributed by atoms with van der Waals surface area (Å²) in [7, 11) is 0. The van der Waals surface area contributed by atoms with Crippen LogP contribution >= 0.6 is 0 Å². The van der Waals surface area contributed by atoms with Gasteiger partial charge in [-0.05, 0) is 42.2 Å². The van der Waals surface area contributed by atoms with E-state index in [1.807, 2.05) is 100 Å². The quantitative estimate of drug-likeness (QED) is 0.375. The fourth-order valence-corrected chi connectivity index (χ4v) is 7.13. The first-order valence-corrected chi connectivity index (χ1v) is 14.2. The van der Waals surface area contributed by atoms with Crippen molar-refractivity contribution in [1.29, 1.82) is 0 Å². The fourth-order valence-electron chi connectivity index (χ4n) is 7.13. The lowest BCUT2D eigenvalue weighted by molar-refractivity contribution is -0.128. The molecule has 0 aliphatic carbocycles. The lowest BCUT2D eigenvalue weighted by atomic mass is 9.63. The summed E-state index contributed by atoms with van der Waals surface area (Å²) < 4.78 is 0. The highest BCUT2D eigenvalue weighted by Gasteiger charge is 2.71. The molecule has 4 atom stereocenters. The van der Waals surface area contributed by atoms with Crippen LogP contribution in [0.5, 0.6) is 0 Å². The van der Waals surface area contributed by atoms with Crippen LogP contribution in [0.25, 0.3) is 5.57 Å². The van der Waals surface area contributed by atoms with Gasteiger partial charge in [0.1, 0.15) is 11.5 Å². The predicted octanol–water partition coefficient (Wildman–Crippen LogP) is 6.62. The Labute approximate surface area is 236 Å². The lowest BCUT2D eigenvalue weighted by Gasteiger charge is -2.39. The minimum Gasteiger partial charge on any atom is -0.352 e. The first-order valence-electron chi connectivity index (χ1n) is 14.2. The molecule has 5 nitrogen and oxygen atoms in total. The zero-order valence-corrected chi connectivity index (χ0v) is 23.8. The van der Waals surface area contributed by atoms with Gasteiger partial charge in [-0.25, -0.2) is 0 Å². The van der Waals surface area contributed by atoms with E-state index in [2.05, 4.69) is 23.2 Å². The third kappa shape index (κ3) is 3.63. The molecule has 3 heterocycles. The number of nitrogens with zero attached hydrogens (tertiary/aromatic N) is 1. The Morgan fingerprint density at radius 3 is 2.33 bits per heavy atom. The second-order valence-electron chi connectivity index (χ2n) is 12.4. The van der Waals surface area contributed by atoms with Crippen molar-refractivity contribution in [2.45, 2.75) is 65.0 Å². The van der Waals surface area contributed by atoms with E-state index in [1.54, 1.807) is 0 Å². The van der Waals surface area contributed by atoms with Gasteiger partial charge in [-0.2, -0.15) is 0 Å². The number of amides is 1. The van der Waals surface area contributed by atoms with Gasteiger partial charge in [0.05, 0.1) is 12.0 Å². The Hall–Kier alpha value is -3.99. The van der Waals surface area contributed by atoms with Crippen LogP contribution in [0.4, 0.5) is 11.4 Å². The summed E-state index contributed by atoms with van der Waals surface area (Å²) >= 11 is 0. The topological polar surface area (TPSA) is 66.5 Å². The molecule has 1 N–H and O–H groups in total. The third-order valence-electron chi connectivity index (χ3n) is 8.95. The SMILES string of the molecule is CCCc1ccc(C(=O)[C@@H]2[C@@H](C(=O)C(C)(C)C)N3c4ccccc4C(C)=C[C@@H]3[C@@]23C(=O)Nc2ccccc23)cc1. The smallest absolute Gasteiger partial charge is 0.238 e. The number of hydrogen-bond acceptors (Lipinski definition) is 4. The van der Waals surface area contributed by atoms with E-state index in [0.717, 1.165) is 40.8 Å². The number of carbonyl (C=O) groups excluding carboxylic acids is 3. The molecule has 6 rings (SSSR count). The maximum atomic E-state index is 14.8. The Morgan fingerprint density at radius 1 is 0.950 bits per heavy atom. The molecule has 0 bridgehead atoms. The van der Waals surface area contributed by atoms with Gasteiger partial charge in [-0.1, -0.05) is 101 Å². The van der Waals surface area contributed by atoms with Gasteiger partial charge < -0.3 is 10.2 Å². The van der Waals surface area contributed by atoms with Crippen molar-refractivity contribution in [1.82, 2.24) is 0 Å². The number of allylic oxidation sites excluding steroid dienone is 1. The molecule has 0 aromatic heterocycles. The summed E-state index contributed by atoms with van der Waals surface area (Å²) in [4.78, 5) is 45.8. The average molecular weight is 533 g/mol. The van der Waals surface area contributed by atoms with Crippen LogP contribution < -0.4 is 10.2 Å². The maximum Gasteiger partial charge on any atom is 0.238 e. The summed E-state index contributed by atoms with van der Waals surface area (Å²) in [5, 5.41) is 3.10. The number of anilines is 2. The van der Waals surface area contributed by atoms with E-state index in [-0.39, 0.29) is 17.5 Å². The van der Waals surface area contributed by atoms with Gasteiger partial charge >= 0.3 is 0 Å². The molecule has 0 radical (unpaired) electrons. The van der Waals surface area contributed by atoms with Crippen LogP contribution in [0, 0.1) is 11.3 Å². The molecular weight excluding hydrogens is 496 g/mol. The molecule has 1 fully saturated rings. The van der Waals surface area contributed by atoms with Crippen molar-refractivity contribution in [3.8, 4) is 0 Å². The van der Waals surface area contributed by atoms with E-state index in [0.29, 0.717) is 11.3 Å². The van der Waals surface area contributed by atoms with Crippen LogP contribution in [-0.4, -0.2) is 29.6 Å². The molecule has 204 valence electrons. The Morgan fingerprint density at radius 2 is 1.62 bits per heavy atom. The van der Waals surface area contributed by atoms with Crippen LogP contribution in [-0.2, 0) is 21.4 Å². The summed E-state index contributed by atoms with van der Waals surface area (Å²) in [6, 6.07) is 22.0. The minimum absolute atomic E-state index is 0.0461. The molecular formula is C35H36N2O3. The number of Topliss-reactive ketones (excluding diaryl/α,β-unsaturated/α-hetero) is 2. The van der Waals surface area contributed by atoms with E-state index in [9.17, 15) is 14.4 Å². The number of benzene rings is 3. The number of para-hydroxylation sites is 2. The predicted molar refractivity (Wildman–Crippen MR) is 160 cm³/mol. The molecule has 1 saturated heterocycles. The molecule has 3 aliphatic rings. The number of hydrogen-bond donors (Lipinski definition) is 1. The zero-order chi connectivity index (χ0) is 28.4. The Kier molecular flexibility index (Phi) is 6.10. The van der Waals surface area contributed by atoms with Gasteiger partial charge in [-0.3, -0.25) is 14.4 Å². The number of rotatable bonds is 5. The monoisotopic (exact) mass is 532 g/mol. The van der Waals surface area contributed by atoms with Gasteiger partial charge in [0.2, 0.25) is 5.91 Å². The normalized spacial score (nSPS) is 24.7. The number of aryl methyl sites for hydroxylation is 1. The summed E-state index contributed by atoms with van der Waals surface area (Å²) in [5.41, 5.74) is 4.12. The number of nitrogens with one attached hydrogen (secondary N) is 1. The summed E-state index contributed by atoms with van der Waals surface area (Å²) in [5.74, 6) is -1.36. The molecule has 0 saturated carbocycles. The van der Waals surface area contributed by atoms with Crippen LogP contribution in [0.3, 0.4) is 0 Å². The minimum atomic E-state index is -1.27. The van der Waals surface area contributed by atoms with Crippen LogP contribution in [0.15, 0.2) is 78.9 Å². The van der Waals surface area contributed by atoms with E-state index >= 15 is 0 Å². The zero-order valence-electron chi connectivity index (χ0n) is 23.8. The maximum absolute atomic E-state index is 14.8. The summed E-state index contributed by atoms with van der Waals surface area (Å²) in [6.45, 7) is 9.87. The van der Waals surface area contributed by atoms with E-state index < -0.39 is 28.8 Å². The lowest BCUT2D eigenvalue weighted by Crippen LogP contribution is -2.51. The first-order chi connectivity index (χ1) is 19.1. The highest BCUT2D eigenvalue weighted by atomic mass is 16.2. The number of ketones is 2. The second kappa shape index (κ2) is 9.29. The largest absolute Gasteiger partial charge is 0.352 e. The number of carbonyl (C=O) groups is 3. The van der Waals surface area contributed by atoms with Crippen molar-refractivity contribution in [2.75, 3.05) is 10.2 Å². The molecule has 40 heavy (non-hydrogen) atoms. The van der Waals surface area contributed by atoms with Gasteiger partial charge in [0.25, 0.3) is 0 Å². The van der Waals surface area contributed by atoms with Crippen molar-refractivity contribution >= 4 is 34.4 Å². The average Bonchev–Trinajstić information content (AvgIpc) is 3.40. The van der Waals surface area contributed by atoms with Crippen molar-refractivity contribution in [2.24, 2.45) is 11.3 Å². The molecule has 1 amide bonds. The van der Waals surface area contributed by atoms with Crippen molar-refractivity contribution < 1.29 is 14.4 Å². The standard InChI is InChI=1S/C35H36N2O3/c1-6-11-22-16-18-23(19-17-22)31(38)29-30(32(39)34(3,4)5)37-27-15-10-7-12-24(27)21(2)20-28(37)35(29)25-13-8-9-14-26(25)36-33(35)40/h7-10,12-20,28-30H,6,11H2,1-5H3,(H,36,40)/t28-,29+,30+,35-/m1/s1. The van der Waals surface area contributed by atoms with Crippen molar-refractivity contribution in [3.63, 3.8) is 0 Å². The highest BCUT2D eigenvalue weighted by molar-refractivity contribution is 6.17. The third-order valence-corrected chi connectivity index (χ3v) is 8.95. The molecule has 1 spiro atoms. The fraction of sp³-hybridized carbons (Fsp3) is 0.343. The highest BCUT2D eigenvalue weighted by Crippen LogP contribution is 2.59. The second-order valence-corrected chi connectivity index (χ2v) is 12.4. The Balaban J connectivity index is 1.66. The van der Waals surface area contributed by atoms with Gasteiger partial charge in [0.15, 0.2) is 11.6 Å². The van der Waals surface area contributed by atoms with Crippen LogP contribution in [0.1, 0.15) is 68.1 Å². The molecule has 3 aromatic carbocycles. The van der Waals surface area contributed by atoms with Gasteiger partial charge in [0, 0.05) is 27.9 Å². The molecule has 5 heteroatoms. The first kappa shape index (κ1) is 26.2. The Bertz CT molecular complexity index is 1560. The van der Waals surface area contributed by atoms with Gasteiger partial charge in [-0.15, -0.1) is 0 Å². The molecule has 3 aromatic rings.